The van der Waals surface area contributed by atoms with Gasteiger partial charge in [0.25, 0.3) is 5.56 Å². The van der Waals surface area contributed by atoms with E-state index in [4.69, 9.17) is 9.47 Å². The summed E-state index contributed by atoms with van der Waals surface area (Å²) in [5.41, 5.74) is -2.44. The SMILES string of the molecule is CCOC(=O)CCCN[C@@H](Cn1c(=O)c(-c2cccc(OC)c2F)c(C)n(Cc2ccccc2C(F)(F)F)c1=O)c1ccccc1. The van der Waals surface area contributed by atoms with Gasteiger partial charge in [-0.05, 0) is 50.1 Å². The second-order valence-electron chi connectivity index (χ2n) is 10.5. The Labute approximate surface area is 263 Å². The van der Waals surface area contributed by atoms with Gasteiger partial charge in [-0.1, -0.05) is 60.7 Å². The van der Waals surface area contributed by atoms with Crippen molar-refractivity contribution in [3.05, 3.63) is 122 Å². The third-order valence-electron chi connectivity index (χ3n) is 7.61. The Bertz CT molecular complexity index is 1780. The second-order valence-corrected chi connectivity index (χ2v) is 10.5. The molecule has 4 aromatic rings. The predicted octanol–water partition coefficient (Wildman–Crippen LogP) is 5.87. The number of methoxy groups -OCH3 is 1. The van der Waals surface area contributed by atoms with Crippen molar-refractivity contribution in [2.75, 3.05) is 20.3 Å². The summed E-state index contributed by atoms with van der Waals surface area (Å²) in [7, 11) is 1.26. The van der Waals surface area contributed by atoms with E-state index in [1.807, 2.05) is 0 Å². The minimum atomic E-state index is -4.70. The fourth-order valence-corrected chi connectivity index (χ4v) is 5.32. The Morgan fingerprint density at radius 1 is 0.957 bits per heavy atom. The molecule has 8 nitrogen and oxygen atoms in total. The largest absolute Gasteiger partial charge is 0.494 e. The molecule has 0 amide bonds. The molecule has 3 aromatic carbocycles. The lowest BCUT2D eigenvalue weighted by Gasteiger charge is -2.23. The number of alkyl halides is 3. The lowest BCUT2D eigenvalue weighted by Crippen LogP contribution is -2.45. The number of benzene rings is 3. The van der Waals surface area contributed by atoms with Crippen LogP contribution in [-0.2, 0) is 28.8 Å². The topological polar surface area (TPSA) is 91.6 Å². The Morgan fingerprint density at radius 2 is 1.65 bits per heavy atom. The van der Waals surface area contributed by atoms with Crippen LogP contribution >= 0.6 is 0 Å². The molecule has 0 fully saturated rings. The Morgan fingerprint density at radius 3 is 2.33 bits per heavy atom. The molecule has 12 heteroatoms. The van der Waals surface area contributed by atoms with Crippen LogP contribution in [0.5, 0.6) is 5.75 Å². The van der Waals surface area contributed by atoms with E-state index in [0.29, 0.717) is 18.5 Å². The maximum atomic E-state index is 15.6. The minimum absolute atomic E-state index is 0.00552. The summed E-state index contributed by atoms with van der Waals surface area (Å²) in [4.78, 5) is 40.0. The standard InChI is InChI=1S/C34H35F4N3O5/c1-4-46-29(42)18-11-19-39-27(23-12-6-5-7-13-23)21-41-32(43)30(25-15-10-17-28(45-3)31(25)35)22(2)40(33(41)44)20-24-14-8-9-16-26(24)34(36,37)38/h5-10,12-17,27,39H,4,11,18-21H2,1-3H3/t27-/m0/s1. The molecule has 0 spiro atoms. The summed E-state index contributed by atoms with van der Waals surface area (Å²) in [6.45, 7) is 2.93. The lowest BCUT2D eigenvalue weighted by molar-refractivity contribution is -0.143. The first-order valence-corrected chi connectivity index (χ1v) is 14.7. The Balaban J connectivity index is 1.87. The number of aromatic nitrogens is 2. The van der Waals surface area contributed by atoms with Crippen LogP contribution in [0.2, 0.25) is 0 Å². The van der Waals surface area contributed by atoms with Crippen molar-refractivity contribution in [1.29, 1.82) is 0 Å². The van der Waals surface area contributed by atoms with Crippen LogP contribution in [0.4, 0.5) is 17.6 Å². The van der Waals surface area contributed by atoms with Crippen LogP contribution in [0.3, 0.4) is 0 Å². The van der Waals surface area contributed by atoms with Gasteiger partial charge in [-0.3, -0.25) is 18.7 Å². The number of hydrogen-bond acceptors (Lipinski definition) is 6. The van der Waals surface area contributed by atoms with Gasteiger partial charge in [0.15, 0.2) is 11.6 Å². The Hall–Kier alpha value is -4.71. The molecule has 244 valence electrons. The first-order chi connectivity index (χ1) is 22.0. The summed E-state index contributed by atoms with van der Waals surface area (Å²) in [6.07, 6.45) is -4.14. The molecular weight excluding hydrogens is 606 g/mol. The maximum absolute atomic E-state index is 15.6. The van der Waals surface area contributed by atoms with Crippen LogP contribution in [0.15, 0.2) is 82.4 Å². The Kier molecular flexibility index (Phi) is 11.2. The zero-order chi connectivity index (χ0) is 33.4. The zero-order valence-corrected chi connectivity index (χ0v) is 25.7. The van der Waals surface area contributed by atoms with Gasteiger partial charge >= 0.3 is 17.8 Å². The molecule has 46 heavy (non-hydrogen) atoms. The van der Waals surface area contributed by atoms with Crippen LogP contribution in [0.25, 0.3) is 11.1 Å². The van der Waals surface area contributed by atoms with Crippen LogP contribution in [0, 0.1) is 12.7 Å². The third-order valence-corrected chi connectivity index (χ3v) is 7.61. The maximum Gasteiger partial charge on any atom is 0.416 e. The van der Waals surface area contributed by atoms with Crippen molar-refractivity contribution in [2.24, 2.45) is 0 Å². The molecular formula is C34H35F4N3O5. The number of rotatable bonds is 13. The highest BCUT2D eigenvalue weighted by atomic mass is 19.4. The molecule has 0 aliphatic heterocycles. The van der Waals surface area contributed by atoms with Gasteiger partial charge in [-0.25, -0.2) is 9.18 Å². The highest BCUT2D eigenvalue weighted by Gasteiger charge is 2.33. The summed E-state index contributed by atoms with van der Waals surface area (Å²) in [5.74, 6) is -1.36. The van der Waals surface area contributed by atoms with Gasteiger partial charge in [0.05, 0.1) is 44.0 Å². The van der Waals surface area contributed by atoms with E-state index in [0.717, 1.165) is 15.2 Å². The fraction of sp³-hybridized carbons (Fsp3) is 0.324. The highest BCUT2D eigenvalue weighted by molar-refractivity contribution is 5.69. The third kappa shape index (κ3) is 7.74. The average molecular weight is 642 g/mol. The van der Waals surface area contributed by atoms with E-state index < -0.39 is 41.4 Å². The minimum Gasteiger partial charge on any atom is -0.494 e. The monoisotopic (exact) mass is 641 g/mol. The molecule has 0 saturated carbocycles. The van der Waals surface area contributed by atoms with E-state index in [-0.39, 0.29) is 53.7 Å². The van der Waals surface area contributed by atoms with E-state index in [1.54, 1.807) is 37.3 Å². The van der Waals surface area contributed by atoms with Gasteiger partial charge in [0, 0.05) is 17.7 Å². The molecule has 4 rings (SSSR count). The van der Waals surface area contributed by atoms with Crippen molar-refractivity contribution in [2.45, 2.75) is 52.0 Å². The predicted molar refractivity (Wildman–Crippen MR) is 165 cm³/mol. The van der Waals surface area contributed by atoms with Gasteiger partial charge < -0.3 is 14.8 Å². The number of nitrogens with one attached hydrogen (secondary N) is 1. The van der Waals surface area contributed by atoms with E-state index in [9.17, 15) is 27.6 Å². The summed E-state index contributed by atoms with van der Waals surface area (Å²) < 4.78 is 69.5. The van der Waals surface area contributed by atoms with E-state index in [2.05, 4.69) is 5.32 Å². The molecule has 0 radical (unpaired) electrons. The van der Waals surface area contributed by atoms with Crippen LogP contribution in [0.1, 0.15) is 48.2 Å². The molecule has 0 bridgehead atoms. The number of esters is 1. The molecule has 0 unspecified atom stereocenters. The van der Waals surface area contributed by atoms with Crippen molar-refractivity contribution in [3.63, 3.8) is 0 Å². The van der Waals surface area contributed by atoms with Gasteiger partial charge in [0.1, 0.15) is 0 Å². The number of nitrogens with zero attached hydrogens (tertiary/aromatic N) is 2. The quantitative estimate of drug-likeness (QED) is 0.112. The smallest absolute Gasteiger partial charge is 0.416 e. The van der Waals surface area contributed by atoms with Crippen molar-refractivity contribution in [3.8, 4) is 16.9 Å². The molecule has 1 heterocycles. The first kappa shape index (κ1) is 34.2. The number of hydrogen-bond donors (Lipinski definition) is 1. The molecule has 1 atom stereocenters. The summed E-state index contributed by atoms with van der Waals surface area (Å²) in [6, 6.07) is 17.4. The van der Waals surface area contributed by atoms with Crippen LogP contribution in [-0.4, -0.2) is 35.4 Å². The van der Waals surface area contributed by atoms with Gasteiger partial charge in [0.2, 0.25) is 0 Å². The normalized spacial score (nSPS) is 12.2. The van der Waals surface area contributed by atoms with E-state index >= 15 is 4.39 Å². The lowest BCUT2D eigenvalue weighted by atomic mass is 10.0. The molecule has 1 N–H and O–H groups in total. The molecule has 0 saturated heterocycles. The van der Waals surface area contributed by atoms with Crippen molar-refractivity contribution < 1.29 is 31.8 Å². The van der Waals surface area contributed by atoms with Crippen molar-refractivity contribution in [1.82, 2.24) is 14.5 Å². The summed E-state index contributed by atoms with van der Waals surface area (Å²) in [5, 5.41) is 3.28. The number of ether oxygens (including phenoxy) is 2. The highest BCUT2D eigenvalue weighted by Crippen LogP contribution is 2.33. The van der Waals surface area contributed by atoms with Crippen molar-refractivity contribution >= 4 is 5.97 Å². The first-order valence-electron chi connectivity index (χ1n) is 14.7. The zero-order valence-electron chi connectivity index (χ0n) is 25.7. The molecule has 1 aromatic heterocycles. The fourth-order valence-electron chi connectivity index (χ4n) is 5.32. The molecule has 0 aliphatic rings. The van der Waals surface area contributed by atoms with Crippen LogP contribution < -0.4 is 21.3 Å². The van der Waals surface area contributed by atoms with Gasteiger partial charge in [-0.15, -0.1) is 0 Å². The average Bonchev–Trinajstić information content (AvgIpc) is 3.03. The van der Waals surface area contributed by atoms with E-state index in [1.165, 1.54) is 50.4 Å². The summed E-state index contributed by atoms with van der Waals surface area (Å²) >= 11 is 0. The number of halogens is 4. The second kappa shape index (κ2) is 15.0. The molecule has 0 aliphatic carbocycles. The van der Waals surface area contributed by atoms with Gasteiger partial charge in [-0.2, -0.15) is 13.2 Å². The number of carbonyl (C=O) groups excluding carboxylic acids is 1. The number of carbonyl (C=O) groups is 1.